The monoisotopic (exact) mass is 348 g/mol. The van der Waals surface area contributed by atoms with Gasteiger partial charge in [-0.2, -0.15) is 18.3 Å². The number of carbonyl (C=O) groups excluding carboxylic acids is 1. The molecule has 0 spiro atoms. The summed E-state index contributed by atoms with van der Waals surface area (Å²) < 4.78 is 39.8. The minimum atomic E-state index is -4.65. The number of aryl methyl sites for hydroxylation is 1. The number of hydrogen-bond donors (Lipinski definition) is 2. The third-order valence-corrected chi connectivity index (χ3v) is 4.32. The van der Waals surface area contributed by atoms with E-state index in [1.165, 1.54) is 11.9 Å². The van der Waals surface area contributed by atoms with Gasteiger partial charge in [0, 0.05) is 26.3 Å². The van der Waals surface area contributed by atoms with E-state index >= 15 is 0 Å². The van der Waals surface area contributed by atoms with Crippen molar-refractivity contribution >= 4 is 11.7 Å². The standard InChI is InChI=1S/C15H23F3N4O2/c1-14(2,3)9-5-6-22(8-11(9)23)13(24)19-10-7-21(4)20-12(10)15(16,17)18/h7,9,11,23H,5-6,8H2,1-4H3,(H,19,24). The first-order valence-corrected chi connectivity index (χ1v) is 7.74. The molecule has 0 radical (unpaired) electrons. The second kappa shape index (κ2) is 6.27. The highest BCUT2D eigenvalue weighted by atomic mass is 19.4. The molecule has 0 aromatic carbocycles. The van der Waals surface area contributed by atoms with Gasteiger partial charge in [-0.1, -0.05) is 20.8 Å². The van der Waals surface area contributed by atoms with Gasteiger partial charge in [-0.25, -0.2) is 4.79 Å². The summed E-state index contributed by atoms with van der Waals surface area (Å²) >= 11 is 0. The minimum absolute atomic E-state index is 0.0330. The largest absolute Gasteiger partial charge is 0.437 e. The van der Waals surface area contributed by atoms with Crippen molar-refractivity contribution in [3.8, 4) is 0 Å². The number of likely N-dealkylation sites (tertiary alicyclic amines) is 1. The zero-order chi connectivity index (χ0) is 18.3. The number of aliphatic hydroxyl groups excluding tert-OH is 1. The van der Waals surface area contributed by atoms with Crippen LogP contribution in [0.1, 0.15) is 32.9 Å². The van der Waals surface area contributed by atoms with E-state index in [0.717, 1.165) is 10.9 Å². The number of β-amino-alcohol motifs (C(OH)–C–C–N with tert-alkyl or cyclic N) is 1. The number of amides is 2. The smallest absolute Gasteiger partial charge is 0.391 e. The molecule has 2 unspecified atom stereocenters. The molecule has 2 heterocycles. The zero-order valence-electron chi connectivity index (χ0n) is 14.2. The summed E-state index contributed by atoms with van der Waals surface area (Å²) in [6.45, 7) is 6.52. The van der Waals surface area contributed by atoms with Crippen LogP contribution >= 0.6 is 0 Å². The van der Waals surface area contributed by atoms with Gasteiger partial charge in [0.2, 0.25) is 0 Å². The van der Waals surface area contributed by atoms with Crippen LogP contribution in [0.3, 0.4) is 0 Å². The Kier molecular flexibility index (Phi) is 4.85. The summed E-state index contributed by atoms with van der Waals surface area (Å²) in [5.41, 5.74) is -1.62. The maximum atomic E-state index is 12.9. The maximum Gasteiger partial charge on any atom is 0.437 e. The average Bonchev–Trinajstić information content (AvgIpc) is 2.78. The molecule has 0 aliphatic carbocycles. The van der Waals surface area contributed by atoms with E-state index in [1.807, 2.05) is 20.8 Å². The van der Waals surface area contributed by atoms with Crippen molar-refractivity contribution in [3.63, 3.8) is 0 Å². The van der Waals surface area contributed by atoms with Crippen molar-refractivity contribution in [1.29, 1.82) is 0 Å². The van der Waals surface area contributed by atoms with Gasteiger partial charge in [-0.15, -0.1) is 0 Å². The van der Waals surface area contributed by atoms with Crippen LogP contribution < -0.4 is 5.32 Å². The van der Waals surface area contributed by atoms with E-state index in [1.54, 1.807) is 0 Å². The molecular formula is C15H23F3N4O2. The quantitative estimate of drug-likeness (QED) is 0.820. The van der Waals surface area contributed by atoms with Gasteiger partial charge in [-0.3, -0.25) is 4.68 Å². The third kappa shape index (κ3) is 4.00. The van der Waals surface area contributed by atoms with Crippen LogP contribution in [0.25, 0.3) is 0 Å². The van der Waals surface area contributed by atoms with E-state index in [0.29, 0.717) is 13.0 Å². The van der Waals surface area contributed by atoms with Crippen LogP contribution in [0.5, 0.6) is 0 Å². The SMILES string of the molecule is Cn1cc(NC(=O)N2CCC(C(C)(C)C)C(O)C2)c(C(F)(F)F)n1. The summed E-state index contributed by atoms with van der Waals surface area (Å²) in [6, 6.07) is -0.667. The van der Waals surface area contributed by atoms with Crippen molar-refractivity contribution < 1.29 is 23.1 Å². The van der Waals surface area contributed by atoms with Crippen LogP contribution in [-0.2, 0) is 13.2 Å². The number of nitrogens with one attached hydrogen (secondary N) is 1. The number of alkyl halides is 3. The van der Waals surface area contributed by atoms with E-state index in [-0.39, 0.29) is 23.6 Å². The van der Waals surface area contributed by atoms with E-state index < -0.39 is 24.0 Å². The first-order chi connectivity index (χ1) is 10.9. The molecule has 2 atom stereocenters. The molecule has 1 aromatic heterocycles. The number of nitrogens with zero attached hydrogens (tertiary/aromatic N) is 3. The van der Waals surface area contributed by atoms with E-state index in [9.17, 15) is 23.1 Å². The van der Waals surface area contributed by atoms with Gasteiger partial charge in [0.05, 0.1) is 11.8 Å². The molecule has 24 heavy (non-hydrogen) atoms. The van der Waals surface area contributed by atoms with E-state index in [2.05, 4.69) is 10.4 Å². The van der Waals surface area contributed by atoms with Crippen molar-refractivity contribution in [2.45, 2.75) is 39.5 Å². The van der Waals surface area contributed by atoms with Crippen molar-refractivity contribution in [2.75, 3.05) is 18.4 Å². The molecule has 2 rings (SSSR count). The fourth-order valence-corrected chi connectivity index (χ4v) is 3.11. The van der Waals surface area contributed by atoms with Crippen molar-refractivity contribution in [3.05, 3.63) is 11.9 Å². The lowest BCUT2D eigenvalue weighted by molar-refractivity contribution is -0.140. The van der Waals surface area contributed by atoms with Crippen molar-refractivity contribution in [2.24, 2.45) is 18.4 Å². The fourth-order valence-electron chi connectivity index (χ4n) is 3.11. The zero-order valence-corrected chi connectivity index (χ0v) is 14.2. The Bertz CT molecular complexity index is 607. The van der Waals surface area contributed by atoms with Gasteiger partial charge in [-0.05, 0) is 17.8 Å². The summed E-state index contributed by atoms with van der Waals surface area (Å²) in [5, 5.41) is 15.9. The molecular weight excluding hydrogens is 325 g/mol. The van der Waals surface area contributed by atoms with Gasteiger partial charge in [0.25, 0.3) is 0 Å². The second-order valence-electron chi connectivity index (χ2n) is 7.27. The van der Waals surface area contributed by atoms with Crippen LogP contribution in [0, 0.1) is 11.3 Å². The van der Waals surface area contributed by atoms with E-state index in [4.69, 9.17) is 0 Å². The first kappa shape index (κ1) is 18.6. The summed E-state index contributed by atoms with van der Waals surface area (Å²) in [6.07, 6.45) is -3.65. The molecule has 1 aromatic rings. The predicted molar refractivity (Wildman–Crippen MR) is 82.4 cm³/mol. The summed E-state index contributed by atoms with van der Waals surface area (Å²) in [7, 11) is 1.35. The molecule has 1 aliphatic rings. The number of aliphatic hydroxyl groups is 1. The Morgan fingerprint density at radius 2 is 2.00 bits per heavy atom. The lowest BCUT2D eigenvalue weighted by Crippen LogP contribution is -2.51. The average molecular weight is 348 g/mol. The van der Waals surface area contributed by atoms with Crippen LogP contribution in [0.4, 0.5) is 23.7 Å². The minimum Gasteiger partial charge on any atom is -0.391 e. The molecule has 136 valence electrons. The number of hydrogen-bond acceptors (Lipinski definition) is 3. The molecule has 1 fully saturated rings. The molecule has 2 N–H and O–H groups in total. The Hall–Kier alpha value is -1.77. The Morgan fingerprint density at radius 3 is 2.50 bits per heavy atom. The number of halogens is 3. The lowest BCUT2D eigenvalue weighted by Gasteiger charge is -2.42. The van der Waals surface area contributed by atoms with Crippen LogP contribution in [0.15, 0.2) is 6.20 Å². The van der Waals surface area contributed by atoms with Gasteiger partial charge >= 0.3 is 12.2 Å². The lowest BCUT2D eigenvalue weighted by atomic mass is 9.74. The summed E-state index contributed by atoms with van der Waals surface area (Å²) in [5.74, 6) is 0.0330. The van der Waals surface area contributed by atoms with Gasteiger partial charge in [0.15, 0.2) is 5.69 Å². The highest BCUT2D eigenvalue weighted by molar-refractivity contribution is 5.90. The normalized spacial score (nSPS) is 22.6. The summed E-state index contributed by atoms with van der Waals surface area (Å²) in [4.78, 5) is 13.6. The van der Waals surface area contributed by atoms with Crippen LogP contribution in [-0.4, -0.2) is 45.0 Å². The predicted octanol–water partition coefficient (Wildman–Crippen LogP) is 2.70. The third-order valence-electron chi connectivity index (χ3n) is 4.32. The number of anilines is 1. The van der Waals surface area contributed by atoms with Crippen molar-refractivity contribution in [1.82, 2.24) is 14.7 Å². The van der Waals surface area contributed by atoms with Gasteiger partial charge < -0.3 is 15.3 Å². The number of aromatic nitrogens is 2. The highest BCUT2D eigenvalue weighted by Crippen LogP contribution is 2.36. The fraction of sp³-hybridized carbons (Fsp3) is 0.733. The molecule has 0 bridgehead atoms. The van der Waals surface area contributed by atoms with Gasteiger partial charge in [0.1, 0.15) is 0 Å². The molecule has 9 heteroatoms. The molecule has 6 nitrogen and oxygen atoms in total. The first-order valence-electron chi connectivity index (χ1n) is 7.74. The number of piperidine rings is 1. The Labute approximate surface area is 138 Å². The number of urea groups is 1. The number of rotatable bonds is 1. The molecule has 1 saturated heterocycles. The topological polar surface area (TPSA) is 70.4 Å². The Balaban J connectivity index is 2.07. The number of carbonyl (C=O) groups is 1. The highest BCUT2D eigenvalue weighted by Gasteiger charge is 2.39. The van der Waals surface area contributed by atoms with Crippen LogP contribution in [0.2, 0.25) is 0 Å². The molecule has 2 amide bonds. The molecule has 0 saturated carbocycles. The second-order valence-corrected chi connectivity index (χ2v) is 7.27. The maximum absolute atomic E-state index is 12.9. The Morgan fingerprint density at radius 1 is 1.38 bits per heavy atom. The molecule has 1 aliphatic heterocycles.